The van der Waals surface area contributed by atoms with Gasteiger partial charge < -0.3 is 13.9 Å². The fraction of sp³-hybridized carbons (Fsp3) is 1.00. The predicted molar refractivity (Wildman–Crippen MR) is 51.3 cm³/mol. The second kappa shape index (κ2) is 7.34. The van der Waals surface area contributed by atoms with E-state index in [2.05, 4.69) is 9.05 Å². The Morgan fingerprint density at radius 3 is 1.57 bits per heavy atom. The average Bonchev–Trinajstić information content (AvgIpc) is 2.04. The Bertz CT molecular complexity index is 171. The number of hydrogen-bond acceptors (Lipinski definition) is 5. The summed E-state index contributed by atoms with van der Waals surface area (Å²) in [7, 11) is 4.14. The van der Waals surface area contributed by atoms with Crippen LogP contribution in [0.2, 0.25) is 0 Å². The molecule has 0 aromatic carbocycles. The molecule has 0 unspecified atom stereocenters. The van der Waals surface area contributed by atoms with Crippen LogP contribution in [0.15, 0.2) is 0 Å². The van der Waals surface area contributed by atoms with Gasteiger partial charge in [0.2, 0.25) is 0 Å². The standard InChI is InChI=1S/C5H14NO.C2H7O4P/c1-5-7-6(2,3)4;1-5-7(3,4)6-2/h5H2,1-4H3;1-2H3,(H,3,4)/q+1;/p-1. The second-order valence-electron chi connectivity index (χ2n) is 3.12. The van der Waals surface area contributed by atoms with E-state index in [1.54, 1.807) is 0 Å². The van der Waals surface area contributed by atoms with Crippen LogP contribution in [-0.4, -0.2) is 46.6 Å². The van der Waals surface area contributed by atoms with E-state index in [4.69, 9.17) is 4.84 Å². The molecule has 0 rings (SSSR count). The van der Waals surface area contributed by atoms with Gasteiger partial charge in [-0.1, -0.05) is 0 Å². The van der Waals surface area contributed by atoms with Gasteiger partial charge in [-0.15, -0.1) is 0 Å². The van der Waals surface area contributed by atoms with Gasteiger partial charge in [0.1, 0.15) is 6.61 Å². The highest BCUT2D eigenvalue weighted by Gasteiger charge is 2.03. The molecule has 0 fully saturated rings. The molecule has 0 aliphatic carbocycles. The second-order valence-corrected chi connectivity index (χ2v) is 4.74. The van der Waals surface area contributed by atoms with Crippen molar-refractivity contribution in [3.05, 3.63) is 0 Å². The van der Waals surface area contributed by atoms with Crippen LogP contribution in [-0.2, 0) is 18.5 Å². The molecule has 0 aromatic rings. The first-order valence-corrected chi connectivity index (χ1v) is 5.53. The molecule has 0 aromatic heterocycles. The van der Waals surface area contributed by atoms with Crippen LogP contribution in [0.5, 0.6) is 0 Å². The van der Waals surface area contributed by atoms with E-state index >= 15 is 0 Å². The maximum atomic E-state index is 9.95. The third-order valence-corrected chi connectivity index (χ3v) is 1.86. The van der Waals surface area contributed by atoms with Crippen molar-refractivity contribution in [1.29, 1.82) is 0 Å². The van der Waals surface area contributed by atoms with Gasteiger partial charge in [-0.2, -0.15) is 4.65 Å². The highest BCUT2D eigenvalue weighted by Crippen LogP contribution is 2.34. The third-order valence-electron chi connectivity index (χ3n) is 0.964. The molecular weight excluding hydrogens is 209 g/mol. The lowest BCUT2D eigenvalue weighted by atomic mass is 10.9. The molecule has 0 aliphatic rings. The highest BCUT2D eigenvalue weighted by molar-refractivity contribution is 7.45. The first-order valence-electron chi connectivity index (χ1n) is 4.07. The number of phosphoric acid groups is 1. The van der Waals surface area contributed by atoms with Crippen LogP contribution in [0.1, 0.15) is 6.92 Å². The van der Waals surface area contributed by atoms with Crippen LogP contribution < -0.4 is 4.89 Å². The van der Waals surface area contributed by atoms with Crippen molar-refractivity contribution in [2.24, 2.45) is 0 Å². The lowest BCUT2D eigenvalue weighted by molar-refractivity contribution is -1.06. The van der Waals surface area contributed by atoms with Crippen LogP contribution in [0.3, 0.4) is 0 Å². The average molecular weight is 229 g/mol. The van der Waals surface area contributed by atoms with E-state index in [1.165, 1.54) is 0 Å². The largest absolute Gasteiger partial charge is 0.756 e. The normalized spacial score (nSPS) is 11.9. The summed E-state index contributed by atoms with van der Waals surface area (Å²) in [5.74, 6) is 0. The first-order chi connectivity index (χ1) is 6.18. The molecule has 6 nitrogen and oxygen atoms in total. The zero-order valence-electron chi connectivity index (χ0n) is 9.64. The molecule has 0 N–H and O–H groups in total. The summed E-state index contributed by atoms with van der Waals surface area (Å²) < 4.78 is 18.3. The third kappa shape index (κ3) is 14.5. The first kappa shape index (κ1) is 16.5. The smallest absolute Gasteiger partial charge is 0.267 e. The summed E-state index contributed by atoms with van der Waals surface area (Å²) in [6.07, 6.45) is 0. The molecule has 14 heavy (non-hydrogen) atoms. The van der Waals surface area contributed by atoms with Gasteiger partial charge in [-0.3, -0.25) is 4.57 Å². The minimum Gasteiger partial charge on any atom is -0.756 e. The Morgan fingerprint density at radius 1 is 1.21 bits per heavy atom. The van der Waals surface area contributed by atoms with E-state index in [-0.39, 0.29) is 0 Å². The maximum absolute atomic E-state index is 9.95. The van der Waals surface area contributed by atoms with Gasteiger partial charge >= 0.3 is 0 Å². The number of nitrogens with zero attached hydrogens (tertiary/aromatic N) is 1. The van der Waals surface area contributed by atoms with Crippen molar-refractivity contribution >= 4 is 7.82 Å². The molecule has 0 atom stereocenters. The Kier molecular flexibility index (Phi) is 8.63. The summed E-state index contributed by atoms with van der Waals surface area (Å²) in [5.41, 5.74) is 0. The monoisotopic (exact) mass is 229 g/mol. The Balaban J connectivity index is 0. The van der Waals surface area contributed by atoms with Crippen LogP contribution >= 0.6 is 7.82 Å². The Morgan fingerprint density at radius 2 is 1.57 bits per heavy atom. The number of phosphoric ester groups is 1. The zero-order chi connectivity index (χ0) is 11.8. The van der Waals surface area contributed by atoms with Crippen molar-refractivity contribution < 1.29 is 28.0 Å². The Labute approximate surface area is 85.5 Å². The molecule has 0 spiro atoms. The molecule has 0 aliphatic heterocycles. The zero-order valence-corrected chi connectivity index (χ0v) is 10.5. The quantitative estimate of drug-likeness (QED) is 0.396. The van der Waals surface area contributed by atoms with Crippen molar-refractivity contribution in [3.63, 3.8) is 0 Å². The van der Waals surface area contributed by atoms with Crippen LogP contribution in [0, 0.1) is 0 Å². The van der Waals surface area contributed by atoms with E-state index in [9.17, 15) is 9.46 Å². The topological polar surface area (TPSA) is 67.8 Å². The van der Waals surface area contributed by atoms with E-state index in [0.717, 1.165) is 20.8 Å². The summed E-state index contributed by atoms with van der Waals surface area (Å²) in [6.45, 7) is 2.77. The number of quaternary nitrogens is 1. The predicted octanol–water partition coefficient (Wildman–Crippen LogP) is 0.392. The number of hydroxylamine groups is 3. The van der Waals surface area contributed by atoms with Gasteiger partial charge in [0.25, 0.3) is 7.82 Å². The Hall–Kier alpha value is 0.0300. The molecular formula is C7H20NO5P. The van der Waals surface area contributed by atoms with Gasteiger partial charge in [0.05, 0.1) is 21.1 Å². The maximum Gasteiger partial charge on any atom is 0.267 e. The van der Waals surface area contributed by atoms with Gasteiger partial charge in [0, 0.05) is 14.2 Å². The summed E-state index contributed by atoms with van der Waals surface area (Å²) in [4.78, 5) is 15.1. The van der Waals surface area contributed by atoms with Crippen LogP contribution in [0.4, 0.5) is 0 Å². The lowest BCUT2D eigenvalue weighted by Crippen LogP contribution is -2.34. The van der Waals surface area contributed by atoms with Crippen LogP contribution in [0.25, 0.3) is 0 Å². The molecule has 0 saturated heterocycles. The van der Waals surface area contributed by atoms with Gasteiger partial charge in [-0.25, -0.2) is 4.84 Å². The summed E-state index contributed by atoms with van der Waals surface area (Å²) in [5, 5.41) is 0. The van der Waals surface area contributed by atoms with Gasteiger partial charge in [-0.05, 0) is 6.92 Å². The lowest BCUT2D eigenvalue weighted by Gasteiger charge is -2.19. The SMILES string of the molecule is CCO[N+](C)(C)C.COP(=O)([O-])OC. The van der Waals surface area contributed by atoms with Crippen molar-refractivity contribution in [2.45, 2.75) is 6.92 Å². The van der Waals surface area contributed by atoms with E-state index in [0.29, 0.717) is 4.65 Å². The molecule has 0 bridgehead atoms. The molecule has 7 heteroatoms. The fourth-order valence-electron chi connectivity index (χ4n) is 0.462. The van der Waals surface area contributed by atoms with Gasteiger partial charge in [0.15, 0.2) is 0 Å². The van der Waals surface area contributed by atoms with Crippen molar-refractivity contribution in [2.75, 3.05) is 42.0 Å². The molecule has 0 amide bonds. The van der Waals surface area contributed by atoms with Crippen molar-refractivity contribution in [1.82, 2.24) is 0 Å². The molecule has 0 saturated carbocycles. The summed E-state index contributed by atoms with van der Waals surface area (Å²) >= 11 is 0. The van der Waals surface area contributed by atoms with Crippen molar-refractivity contribution in [3.8, 4) is 0 Å². The minimum absolute atomic E-state index is 0.594. The summed E-state index contributed by atoms with van der Waals surface area (Å²) in [6, 6.07) is 0. The highest BCUT2D eigenvalue weighted by atomic mass is 31.2. The number of hydrogen-bond donors (Lipinski definition) is 0. The molecule has 88 valence electrons. The molecule has 0 heterocycles. The number of rotatable bonds is 4. The fourth-order valence-corrected chi connectivity index (χ4v) is 0.611. The van der Waals surface area contributed by atoms with E-state index < -0.39 is 7.82 Å². The van der Waals surface area contributed by atoms with E-state index in [1.807, 2.05) is 28.1 Å². The minimum atomic E-state index is -3.90. The molecule has 0 radical (unpaired) electrons.